The van der Waals surface area contributed by atoms with Crippen molar-refractivity contribution in [2.75, 3.05) is 13.8 Å². The number of hydrogen-bond acceptors (Lipinski definition) is 6. The molecule has 1 aliphatic rings. The summed E-state index contributed by atoms with van der Waals surface area (Å²) < 4.78 is 35.7. The Kier molecular flexibility index (Phi) is 4.02. The first kappa shape index (κ1) is 14.8. The molecule has 0 fully saturated rings. The van der Waals surface area contributed by atoms with Crippen LogP contribution < -0.4 is 20.3 Å². The van der Waals surface area contributed by atoms with Crippen LogP contribution in [0.1, 0.15) is 5.56 Å². The summed E-state index contributed by atoms with van der Waals surface area (Å²) >= 11 is 0. The van der Waals surface area contributed by atoms with Crippen LogP contribution in [-0.4, -0.2) is 22.3 Å². The zero-order valence-electron chi connectivity index (χ0n) is 12.0. The maximum atomic E-state index is 12.6. The molecule has 0 bridgehead atoms. The summed E-state index contributed by atoms with van der Waals surface area (Å²) in [4.78, 5) is 0.442. The number of nitrogens with one attached hydrogen (secondary N) is 2. The summed E-state index contributed by atoms with van der Waals surface area (Å²) in [6, 6.07) is 11.4. The standard InChI is InChI=1S/C15H16N2O4S/c1-16-17-9-11-2-4-12(5-3-11)22(18,19)13-6-7-14-15(8-13)21-10-20-14/h2-8,16-17H,9-10H2,1H3. The van der Waals surface area contributed by atoms with Crippen molar-refractivity contribution in [3.63, 3.8) is 0 Å². The van der Waals surface area contributed by atoms with E-state index in [4.69, 9.17) is 9.47 Å². The molecule has 2 aromatic carbocycles. The van der Waals surface area contributed by atoms with Gasteiger partial charge in [-0.2, -0.15) is 0 Å². The van der Waals surface area contributed by atoms with Crippen LogP contribution in [0, 0.1) is 0 Å². The van der Waals surface area contributed by atoms with Crippen molar-refractivity contribution < 1.29 is 17.9 Å². The second-order valence-corrected chi connectivity index (χ2v) is 6.72. The fourth-order valence-electron chi connectivity index (χ4n) is 2.16. The zero-order valence-corrected chi connectivity index (χ0v) is 12.8. The summed E-state index contributed by atoms with van der Waals surface area (Å²) in [5, 5.41) is 0. The highest BCUT2D eigenvalue weighted by molar-refractivity contribution is 7.91. The average Bonchev–Trinajstić information content (AvgIpc) is 3.01. The molecule has 0 atom stereocenters. The predicted octanol–water partition coefficient (Wildman–Crippen LogP) is 1.47. The van der Waals surface area contributed by atoms with Crippen molar-refractivity contribution in [1.29, 1.82) is 0 Å². The van der Waals surface area contributed by atoms with Crippen molar-refractivity contribution in [3.8, 4) is 11.5 Å². The quantitative estimate of drug-likeness (QED) is 0.813. The van der Waals surface area contributed by atoms with E-state index in [9.17, 15) is 8.42 Å². The van der Waals surface area contributed by atoms with E-state index in [1.807, 2.05) is 0 Å². The highest BCUT2D eigenvalue weighted by Gasteiger charge is 2.22. The lowest BCUT2D eigenvalue weighted by molar-refractivity contribution is 0.174. The molecule has 116 valence electrons. The number of hydrogen-bond donors (Lipinski definition) is 2. The zero-order chi connectivity index (χ0) is 15.6. The van der Waals surface area contributed by atoms with E-state index in [1.54, 1.807) is 37.4 Å². The summed E-state index contributed by atoms with van der Waals surface area (Å²) in [6.07, 6.45) is 0. The Bertz CT molecular complexity index is 773. The average molecular weight is 320 g/mol. The summed E-state index contributed by atoms with van der Waals surface area (Å²) in [6.45, 7) is 0.729. The van der Waals surface area contributed by atoms with E-state index in [0.717, 1.165) is 5.56 Å². The first-order valence-corrected chi connectivity index (χ1v) is 8.23. The molecule has 0 radical (unpaired) electrons. The van der Waals surface area contributed by atoms with Crippen LogP contribution in [0.4, 0.5) is 0 Å². The molecule has 2 N–H and O–H groups in total. The van der Waals surface area contributed by atoms with Crippen LogP contribution in [0.25, 0.3) is 0 Å². The number of fused-ring (bicyclic) bond motifs is 1. The minimum atomic E-state index is -3.57. The van der Waals surface area contributed by atoms with Gasteiger partial charge in [0, 0.05) is 12.6 Å². The van der Waals surface area contributed by atoms with Crippen molar-refractivity contribution >= 4 is 9.84 Å². The lowest BCUT2D eigenvalue weighted by Gasteiger charge is -2.07. The van der Waals surface area contributed by atoms with Gasteiger partial charge in [0.05, 0.1) is 9.79 Å². The Morgan fingerprint density at radius 2 is 1.68 bits per heavy atom. The van der Waals surface area contributed by atoms with Gasteiger partial charge >= 0.3 is 0 Å². The van der Waals surface area contributed by atoms with Gasteiger partial charge in [0.1, 0.15) is 0 Å². The van der Waals surface area contributed by atoms with Crippen LogP contribution in [-0.2, 0) is 16.4 Å². The fourth-order valence-corrected chi connectivity index (χ4v) is 3.43. The van der Waals surface area contributed by atoms with Crippen molar-refractivity contribution in [2.24, 2.45) is 0 Å². The Morgan fingerprint density at radius 1 is 1.00 bits per heavy atom. The molecule has 1 aliphatic heterocycles. The van der Waals surface area contributed by atoms with Crippen molar-refractivity contribution in [3.05, 3.63) is 48.0 Å². The molecule has 2 aromatic rings. The molecule has 0 saturated heterocycles. The van der Waals surface area contributed by atoms with Gasteiger partial charge in [0.25, 0.3) is 0 Å². The second kappa shape index (κ2) is 5.96. The minimum absolute atomic E-state index is 0.117. The van der Waals surface area contributed by atoms with E-state index in [-0.39, 0.29) is 16.6 Å². The number of ether oxygens (including phenoxy) is 2. The number of benzene rings is 2. The second-order valence-electron chi connectivity index (χ2n) is 4.77. The first-order valence-electron chi connectivity index (χ1n) is 6.74. The monoisotopic (exact) mass is 320 g/mol. The van der Waals surface area contributed by atoms with Crippen LogP contribution in [0.2, 0.25) is 0 Å². The molecule has 0 aliphatic carbocycles. The molecular weight excluding hydrogens is 304 g/mol. The molecule has 7 heteroatoms. The van der Waals surface area contributed by atoms with E-state index < -0.39 is 9.84 Å². The van der Waals surface area contributed by atoms with Crippen LogP contribution in [0.3, 0.4) is 0 Å². The predicted molar refractivity (Wildman–Crippen MR) is 80.4 cm³/mol. The van der Waals surface area contributed by atoms with Crippen LogP contribution >= 0.6 is 0 Å². The number of rotatable bonds is 5. The maximum Gasteiger partial charge on any atom is 0.231 e. The Labute approximate surface area is 128 Å². The summed E-state index contributed by atoms with van der Waals surface area (Å²) in [5.74, 6) is 1.02. The molecule has 3 rings (SSSR count). The Morgan fingerprint density at radius 3 is 2.41 bits per heavy atom. The third-order valence-corrected chi connectivity index (χ3v) is 5.12. The summed E-state index contributed by atoms with van der Waals surface area (Å²) in [5.41, 5.74) is 6.75. The van der Waals surface area contributed by atoms with Crippen molar-refractivity contribution in [1.82, 2.24) is 10.9 Å². The van der Waals surface area contributed by atoms with Gasteiger partial charge in [-0.25, -0.2) is 8.42 Å². The molecule has 0 aromatic heterocycles. The maximum absolute atomic E-state index is 12.6. The smallest absolute Gasteiger partial charge is 0.231 e. The minimum Gasteiger partial charge on any atom is -0.454 e. The van der Waals surface area contributed by atoms with Gasteiger partial charge in [-0.1, -0.05) is 12.1 Å². The van der Waals surface area contributed by atoms with E-state index in [1.165, 1.54) is 12.1 Å². The third-order valence-electron chi connectivity index (χ3n) is 3.36. The highest BCUT2D eigenvalue weighted by atomic mass is 32.2. The molecular formula is C15H16N2O4S. The lowest BCUT2D eigenvalue weighted by atomic mass is 10.2. The Balaban J connectivity index is 1.89. The van der Waals surface area contributed by atoms with E-state index in [0.29, 0.717) is 18.0 Å². The van der Waals surface area contributed by atoms with Gasteiger partial charge in [-0.3, -0.25) is 10.9 Å². The van der Waals surface area contributed by atoms with E-state index in [2.05, 4.69) is 10.9 Å². The third kappa shape index (κ3) is 2.78. The van der Waals surface area contributed by atoms with Gasteiger partial charge in [0.2, 0.25) is 16.6 Å². The lowest BCUT2D eigenvalue weighted by Crippen LogP contribution is -2.26. The van der Waals surface area contributed by atoms with Gasteiger partial charge in [-0.05, 0) is 36.9 Å². The molecule has 0 saturated carbocycles. The molecule has 0 spiro atoms. The largest absolute Gasteiger partial charge is 0.454 e. The normalized spacial score (nSPS) is 13.3. The first-order chi connectivity index (χ1) is 10.6. The Hall–Kier alpha value is -2.09. The van der Waals surface area contributed by atoms with E-state index >= 15 is 0 Å². The van der Waals surface area contributed by atoms with Gasteiger partial charge in [0.15, 0.2) is 11.5 Å². The topological polar surface area (TPSA) is 76.7 Å². The summed E-state index contributed by atoms with van der Waals surface area (Å²) in [7, 11) is -1.79. The van der Waals surface area contributed by atoms with Gasteiger partial charge < -0.3 is 9.47 Å². The van der Waals surface area contributed by atoms with Crippen LogP contribution in [0.15, 0.2) is 52.3 Å². The molecule has 0 unspecified atom stereocenters. The number of sulfone groups is 1. The van der Waals surface area contributed by atoms with Crippen molar-refractivity contribution in [2.45, 2.75) is 16.3 Å². The fraction of sp³-hybridized carbons (Fsp3) is 0.200. The SMILES string of the molecule is CNNCc1ccc(S(=O)(=O)c2ccc3c(c2)OCO3)cc1. The van der Waals surface area contributed by atoms with Crippen LogP contribution in [0.5, 0.6) is 11.5 Å². The molecule has 1 heterocycles. The molecule has 6 nitrogen and oxygen atoms in total. The molecule has 0 amide bonds. The molecule has 22 heavy (non-hydrogen) atoms. The number of hydrazine groups is 1. The van der Waals surface area contributed by atoms with Gasteiger partial charge in [-0.15, -0.1) is 0 Å². The highest BCUT2D eigenvalue weighted by Crippen LogP contribution is 2.35.